The first kappa shape index (κ1) is 42.6. The molecule has 11 atom stereocenters. The molecule has 0 unspecified atom stereocenters. The fourth-order valence-electron chi connectivity index (χ4n) is 8.35. The summed E-state index contributed by atoms with van der Waals surface area (Å²) in [6, 6.07) is 7.83. The monoisotopic (exact) mass is 747 g/mol. The van der Waals surface area contributed by atoms with Gasteiger partial charge < -0.3 is 43.7 Å². The Kier molecular flexibility index (Phi) is 14.8. The van der Waals surface area contributed by atoms with Gasteiger partial charge in [0, 0.05) is 32.7 Å². The molecule has 0 spiro atoms. The molecule has 3 saturated heterocycles. The predicted octanol–water partition coefficient (Wildman–Crippen LogP) is 3.54. The second kappa shape index (κ2) is 18.5. The van der Waals surface area contributed by atoms with Gasteiger partial charge in [0.05, 0.1) is 41.6 Å². The van der Waals surface area contributed by atoms with Crippen LogP contribution in [0, 0.1) is 23.7 Å². The lowest BCUT2D eigenvalue weighted by atomic mass is 9.78. The molecule has 1 aromatic carbocycles. The van der Waals surface area contributed by atoms with E-state index in [9.17, 15) is 29.4 Å². The van der Waals surface area contributed by atoms with Gasteiger partial charge in [0.2, 0.25) is 0 Å². The van der Waals surface area contributed by atoms with Gasteiger partial charge in [-0.1, -0.05) is 32.0 Å². The van der Waals surface area contributed by atoms with Gasteiger partial charge in [-0.05, 0) is 91.6 Å². The molecule has 1 aromatic rings. The van der Waals surface area contributed by atoms with Crippen LogP contribution in [0.5, 0.6) is 0 Å². The number of hydrogen-bond acceptors (Lipinski definition) is 12. The van der Waals surface area contributed by atoms with Crippen molar-refractivity contribution in [3.63, 3.8) is 0 Å². The number of likely N-dealkylation sites (tertiary alicyclic amines) is 1. The van der Waals surface area contributed by atoms with Gasteiger partial charge >= 0.3 is 18.0 Å². The van der Waals surface area contributed by atoms with Gasteiger partial charge in [-0.15, -0.1) is 0 Å². The van der Waals surface area contributed by atoms with Crippen molar-refractivity contribution in [3.05, 3.63) is 35.9 Å². The summed E-state index contributed by atoms with van der Waals surface area (Å²) in [6.45, 7) is 10.0. The summed E-state index contributed by atoms with van der Waals surface area (Å²) in [5.74, 6) is -3.96. The molecule has 0 bridgehead atoms. The third kappa shape index (κ3) is 10.3. The van der Waals surface area contributed by atoms with Crippen molar-refractivity contribution in [2.75, 3.05) is 54.5 Å². The third-order valence-corrected chi connectivity index (χ3v) is 11.5. The van der Waals surface area contributed by atoms with Crippen molar-refractivity contribution in [1.82, 2.24) is 14.7 Å². The van der Waals surface area contributed by atoms with Crippen LogP contribution in [-0.4, -0.2) is 152 Å². The van der Waals surface area contributed by atoms with Gasteiger partial charge in [-0.25, -0.2) is 9.59 Å². The van der Waals surface area contributed by atoms with Crippen LogP contribution in [0.15, 0.2) is 30.3 Å². The number of amides is 1. The molecule has 298 valence electrons. The molecule has 14 heteroatoms. The fourth-order valence-corrected chi connectivity index (χ4v) is 8.35. The molecule has 1 amide bonds. The molecule has 0 aromatic heterocycles. The van der Waals surface area contributed by atoms with E-state index in [0.717, 1.165) is 0 Å². The number of carbonyl (C=O) groups is 4. The van der Waals surface area contributed by atoms with Gasteiger partial charge in [0.15, 0.2) is 18.2 Å². The number of aliphatic hydroxyl groups is 1. The number of benzene rings is 1. The number of esters is 2. The molecule has 0 aliphatic carbocycles. The van der Waals surface area contributed by atoms with Crippen molar-refractivity contribution in [1.29, 1.82) is 0 Å². The van der Waals surface area contributed by atoms with Crippen molar-refractivity contribution in [2.45, 2.75) is 109 Å². The van der Waals surface area contributed by atoms with Crippen molar-refractivity contribution >= 4 is 23.8 Å². The van der Waals surface area contributed by atoms with Crippen LogP contribution in [0.1, 0.15) is 70.7 Å². The van der Waals surface area contributed by atoms with Crippen LogP contribution < -0.4 is 0 Å². The van der Waals surface area contributed by atoms with E-state index >= 15 is 0 Å². The van der Waals surface area contributed by atoms with Crippen molar-refractivity contribution in [2.24, 2.45) is 23.7 Å². The largest absolute Gasteiger partial charge is 0.465 e. The number of nitrogens with zero attached hydrogens (tertiary/aromatic N) is 3. The van der Waals surface area contributed by atoms with E-state index in [-0.39, 0.29) is 30.6 Å². The summed E-state index contributed by atoms with van der Waals surface area (Å²) < 4.78 is 31.4. The molecule has 4 rings (SSSR count). The lowest BCUT2D eigenvalue weighted by Crippen LogP contribution is -2.60. The molecular formula is C39H61N3O11. The zero-order valence-corrected chi connectivity index (χ0v) is 32.8. The molecule has 53 heavy (non-hydrogen) atoms. The van der Waals surface area contributed by atoms with Crippen LogP contribution in [0.2, 0.25) is 0 Å². The average Bonchev–Trinajstić information content (AvgIpc) is 3.13. The fraction of sp³-hybridized carbons (Fsp3) is 0.744. The lowest BCUT2D eigenvalue weighted by molar-refractivity contribution is -0.294. The van der Waals surface area contributed by atoms with Crippen LogP contribution in [0.25, 0.3) is 0 Å². The zero-order chi connectivity index (χ0) is 39.2. The second-order valence-corrected chi connectivity index (χ2v) is 15.8. The Morgan fingerprint density at radius 2 is 1.70 bits per heavy atom. The number of carbonyl (C=O) groups excluding carboxylic acids is 3. The Hall–Kier alpha value is -3.14. The minimum Gasteiger partial charge on any atom is -0.465 e. The maximum atomic E-state index is 14.2. The minimum atomic E-state index is -1.16. The summed E-state index contributed by atoms with van der Waals surface area (Å²) in [5, 5.41) is 21.0. The number of Topliss-reactive ketones (excluding diaryl/α,β-unsaturated/α-hetero) is 1. The van der Waals surface area contributed by atoms with E-state index in [1.54, 1.807) is 38.3 Å². The maximum absolute atomic E-state index is 14.2. The maximum Gasteiger partial charge on any atom is 0.407 e. The molecule has 3 fully saturated rings. The molecular weight excluding hydrogens is 686 g/mol. The topological polar surface area (TPSA) is 165 Å². The van der Waals surface area contributed by atoms with E-state index in [2.05, 4.69) is 0 Å². The zero-order valence-electron chi connectivity index (χ0n) is 32.8. The summed E-state index contributed by atoms with van der Waals surface area (Å²) in [7, 11) is 7.24. The summed E-state index contributed by atoms with van der Waals surface area (Å²) >= 11 is 0. The van der Waals surface area contributed by atoms with Crippen LogP contribution in [0.3, 0.4) is 0 Å². The third-order valence-electron chi connectivity index (χ3n) is 11.5. The first-order valence-corrected chi connectivity index (χ1v) is 18.8. The molecule has 3 aliphatic rings. The molecule has 0 saturated carbocycles. The first-order chi connectivity index (χ1) is 25.0. The average molecular weight is 748 g/mol. The van der Waals surface area contributed by atoms with Crippen molar-refractivity contribution in [3.8, 4) is 0 Å². The second-order valence-electron chi connectivity index (χ2n) is 15.8. The van der Waals surface area contributed by atoms with E-state index in [4.69, 9.17) is 23.7 Å². The number of cyclic esters (lactones) is 1. The summed E-state index contributed by atoms with van der Waals surface area (Å²) in [4.78, 5) is 57.9. The number of methoxy groups -OCH3 is 1. The SMILES string of the molecule is CO[C@]1(C)C[C@@H](C)CN(C)[C@@H]([C@H](O)C2CCN(C(=O)O)CC2)COC(=O)[C@H](C)C(=O)[C@H](C)[C@H]1O[C@@H]1O[C@H](C)C[C@H](N(C)C)[C@H]1OC(=O)c1ccccc1. The number of piperidine rings is 1. The lowest BCUT2D eigenvalue weighted by Gasteiger charge is -2.47. The highest BCUT2D eigenvalue weighted by atomic mass is 16.7. The molecule has 2 N–H and O–H groups in total. The van der Waals surface area contributed by atoms with E-state index in [1.807, 2.05) is 57.8 Å². The Morgan fingerprint density at radius 3 is 2.28 bits per heavy atom. The molecule has 3 aliphatic heterocycles. The van der Waals surface area contributed by atoms with Crippen LogP contribution >= 0.6 is 0 Å². The predicted molar refractivity (Wildman–Crippen MR) is 195 cm³/mol. The van der Waals surface area contributed by atoms with E-state index in [0.29, 0.717) is 50.9 Å². The molecule has 3 heterocycles. The highest BCUT2D eigenvalue weighted by Gasteiger charge is 2.50. The highest BCUT2D eigenvalue weighted by molar-refractivity contribution is 6.00. The Balaban J connectivity index is 1.65. The standard InChI is InChI=1S/C39H61N3O11/c1-23-20-39(5,49-9)34(53-37-33(29(40(6)7)19-24(2)51-37)52-36(46)28-13-11-10-12-14-28)25(3)31(43)26(4)35(45)50-22-30(41(8)21-23)32(44)27-15-17-42(18-16-27)38(47)48/h10-14,23-27,29-30,32-34,37,44H,15-22H2,1-9H3,(H,47,48)/t23-,24-,25+,26-,29+,30-,32-,33-,34-,37+,39-/m1/s1. The quantitative estimate of drug-likeness (QED) is 0.294. The Morgan fingerprint density at radius 1 is 1.06 bits per heavy atom. The number of aliphatic hydroxyl groups excluding tert-OH is 1. The number of carboxylic acid groups (broad SMARTS) is 1. The van der Waals surface area contributed by atoms with Gasteiger partial charge in [0.1, 0.15) is 12.5 Å². The number of rotatable bonds is 8. The number of hydrogen-bond donors (Lipinski definition) is 2. The summed E-state index contributed by atoms with van der Waals surface area (Å²) in [6.07, 6.45) is -3.09. The number of ether oxygens (including phenoxy) is 5. The molecule has 0 radical (unpaired) electrons. The van der Waals surface area contributed by atoms with Crippen LogP contribution in [0.4, 0.5) is 4.79 Å². The van der Waals surface area contributed by atoms with Crippen molar-refractivity contribution < 1.29 is 53.1 Å². The normalized spacial score (nSPS) is 35.1. The highest BCUT2D eigenvalue weighted by Crippen LogP contribution is 2.37. The van der Waals surface area contributed by atoms with Crippen LogP contribution in [-0.2, 0) is 33.3 Å². The van der Waals surface area contributed by atoms with Gasteiger partial charge in [-0.2, -0.15) is 0 Å². The Bertz CT molecular complexity index is 1390. The minimum absolute atomic E-state index is 0.0665. The number of ketones is 1. The number of likely N-dealkylation sites (N-methyl/N-ethyl adjacent to an activating group) is 2. The van der Waals surface area contributed by atoms with E-state index in [1.165, 1.54) is 11.8 Å². The first-order valence-electron chi connectivity index (χ1n) is 18.8. The van der Waals surface area contributed by atoms with E-state index < -0.39 is 71.9 Å². The van der Waals surface area contributed by atoms with Gasteiger partial charge in [-0.3, -0.25) is 14.5 Å². The Labute approximate surface area is 314 Å². The summed E-state index contributed by atoms with van der Waals surface area (Å²) in [5.41, 5.74) is -0.703. The van der Waals surface area contributed by atoms with Gasteiger partial charge in [0.25, 0.3) is 0 Å². The molecule has 14 nitrogen and oxygen atoms in total. The smallest absolute Gasteiger partial charge is 0.407 e.